The van der Waals surface area contributed by atoms with Crippen LogP contribution in [-0.4, -0.2) is 56.3 Å². The first-order valence-corrected chi connectivity index (χ1v) is 10.9. The fraction of sp³-hybridized carbons (Fsp3) is 0.696. The van der Waals surface area contributed by atoms with E-state index in [4.69, 9.17) is 4.74 Å². The number of hydrogen-bond donors (Lipinski definition) is 2. The third-order valence-corrected chi connectivity index (χ3v) is 5.49. The van der Waals surface area contributed by atoms with Gasteiger partial charge in [0.15, 0.2) is 5.96 Å². The zero-order valence-electron chi connectivity index (χ0n) is 18.9. The Bertz CT molecular complexity index is 600. The number of aryl methyl sites for hydroxylation is 1. The van der Waals surface area contributed by atoms with Crippen LogP contribution < -0.4 is 10.6 Å². The van der Waals surface area contributed by atoms with E-state index >= 15 is 0 Å². The summed E-state index contributed by atoms with van der Waals surface area (Å²) in [6.45, 7) is 13.6. The Morgan fingerprint density at radius 1 is 1.28 bits per heavy atom. The molecule has 166 valence electrons. The van der Waals surface area contributed by atoms with Crippen LogP contribution in [0.25, 0.3) is 0 Å². The van der Waals surface area contributed by atoms with Crippen molar-refractivity contribution in [1.29, 1.82) is 0 Å². The van der Waals surface area contributed by atoms with Gasteiger partial charge in [-0.2, -0.15) is 0 Å². The van der Waals surface area contributed by atoms with Gasteiger partial charge < -0.3 is 15.4 Å². The van der Waals surface area contributed by atoms with Crippen LogP contribution in [0, 0.1) is 12.8 Å². The van der Waals surface area contributed by atoms with E-state index in [1.165, 1.54) is 11.1 Å². The predicted octanol–water partition coefficient (Wildman–Crippen LogP) is 4.19. The molecule has 29 heavy (non-hydrogen) atoms. The molecular formula is C23H41IN4O. The lowest BCUT2D eigenvalue weighted by molar-refractivity contribution is 0.0258. The second kappa shape index (κ2) is 14.2. The molecule has 1 aromatic carbocycles. The molecule has 2 rings (SSSR count). The molecule has 0 radical (unpaired) electrons. The number of likely N-dealkylation sites (tertiary alicyclic amines) is 1. The van der Waals surface area contributed by atoms with Crippen molar-refractivity contribution < 1.29 is 4.74 Å². The van der Waals surface area contributed by atoms with Gasteiger partial charge in [0.25, 0.3) is 0 Å². The van der Waals surface area contributed by atoms with E-state index in [0.717, 1.165) is 58.0 Å². The number of nitrogens with one attached hydrogen (secondary N) is 2. The molecule has 0 bridgehead atoms. The van der Waals surface area contributed by atoms with Gasteiger partial charge in [0, 0.05) is 45.9 Å². The first-order chi connectivity index (χ1) is 13.5. The molecule has 1 atom stereocenters. The highest BCUT2D eigenvalue weighted by Gasteiger charge is 2.20. The van der Waals surface area contributed by atoms with E-state index in [0.29, 0.717) is 18.1 Å². The summed E-state index contributed by atoms with van der Waals surface area (Å²) >= 11 is 0. The number of halogens is 1. The SMILES string of the molecule is CCOC(CCNC(=NC)NC1CCN(Cc2cccc(C)c2)CC1)C(C)C.I. The number of benzene rings is 1. The summed E-state index contributed by atoms with van der Waals surface area (Å²) in [4.78, 5) is 6.96. The highest BCUT2D eigenvalue weighted by molar-refractivity contribution is 14.0. The van der Waals surface area contributed by atoms with Crippen LogP contribution in [-0.2, 0) is 11.3 Å². The minimum absolute atomic E-state index is 0. The van der Waals surface area contributed by atoms with Gasteiger partial charge in [-0.15, -0.1) is 24.0 Å². The molecule has 1 aliphatic heterocycles. The van der Waals surface area contributed by atoms with Crippen molar-refractivity contribution in [3.05, 3.63) is 35.4 Å². The lowest BCUT2D eigenvalue weighted by Crippen LogP contribution is -2.49. The summed E-state index contributed by atoms with van der Waals surface area (Å²) in [6, 6.07) is 9.34. The molecule has 0 saturated carbocycles. The summed E-state index contributed by atoms with van der Waals surface area (Å²) in [5.41, 5.74) is 2.76. The Balaban J connectivity index is 0.00000420. The second-order valence-corrected chi connectivity index (χ2v) is 8.21. The first kappa shape index (κ1) is 26.2. The van der Waals surface area contributed by atoms with Crippen LogP contribution in [0.3, 0.4) is 0 Å². The molecule has 1 heterocycles. The zero-order chi connectivity index (χ0) is 20.4. The zero-order valence-corrected chi connectivity index (χ0v) is 21.2. The van der Waals surface area contributed by atoms with Gasteiger partial charge in [-0.05, 0) is 44.6 Å². The van der Waals surface area contributed by atoms with Crippen LogP contribution >= 0.6 is 24.0 Å². The number of nitrogens with zero attached hydrogens (tertiary/aromatic N) is 2. The van der Waals surface area contributed by atoms with Gasteiger partial charge in [-0.25, -0.2) is 0 Å². The number of piperidine rings is 1. The molecule has 0 aromatic heterocycles. The quantitative estimate of drug-likeness (QED) is 0.294. The standard InChI is InChI=1S/C23H40N4O.HI/c1-6-28-22(18(2)3)10-13-25-23(24-5)26-21-11-14-27(15-12-21)17-20-9-7-8-19(4)16-20;/h7-9,16,18,21-22H,6,10-15,17H2,1-5H3,(H2,24,25,26);1H. The largest absolute Gasteiger partial charge is 0.378 e. The van der Waals surface area contributed by atoms with E-state index in [9.17, 15) is 0 Å². The maximum Gasteiger partial charge on any atom is 0.191 e. The maximum atomic E-state index is 5.83. The average molecular weight is 517 g/mol. The molecule has 6 heteroatoms. The molecule has 0 spiro atoms. The van der Waals surface area contributed by atoms with E-state index in [-0.39, 0.29) is 24.0 Å². The summed E-state index contributed by atoms with van der Waals surface area (Å²) < 4.78 is 5.83. The van der Waals surface area contributed by atoms with Gasteiger partial charge >= 0.3 is 0 Å². The molecule has 0 aliphatic carbocycles. The lowest BCUT2D eigenvalue weighted by atomic mass is 10.0. The Labute approximate surface area is 195 Å². The highest BCUT2D eigenvalue weighted by atomic mass is 127. The van der Waals surface area contributed by atoms with Gasteiger partial charge in [0.05, 0.1) is 6.10 Å². The van der Waals surface area contributed by atoms with Crippen LogP contribution in [0.1, 0.15) is 51.2 Å². The van der Waals surface area contributed by atoms with E-state index < -0.39 is 0 Å². The minimum atomic E-state index is 0. The molecule has 1 aromatic rings. The summed E-state index contributed by atoms with van der Waals surface area (Å²) in [5, 5.41) is 7.07. The molecule has 1 unspecified atom stereocenters. The number of guanidine groups is 1. The van der Waals surface area contributed by atoms with Gasteiger partial charge in [0.1, 0.15) is 0 Å². The van der Waals surface area contributed by atoms with Crippen LogP contribution in [0.2, 0.25) is 0 Å². The topological polar surface area (TPSA) is 48.9 Å². The first-order valence-electron chi connectivity index (χ1n) is 10.9. The van der Waals surface area contributed by atoms with Crippen molar-refractivity contribution >= 4 is 29.9 Å². The number of hydrogen-bond acceptors (Lipinski definition) is 3. The van der Waals surface area contributed by atoms with Gasteiger partial charge in [0.2, 0.25) is 0 Å². The third kappa shape index (κ3) is 9.66. The van der Waals surface area contributed by atoms with E-state index in [1.807, 2.05) is 7.05 Å². The molecule has 1 saturated heterocycles. The molecule has 1 aliphatic rings. The smallest absolute Gasteiger partial charge is 0.191 e. The van der Waals surface area contributed by atoms with Crippen molar-refractivity contribution in [1.82, 2.24) is 15.5 Å². The minimum Gasteiger partial charge on any atom is -0.378 e. The number of ether oxygens (including phenoxy) is 1. The molecule has 0 amide bonds. The molecule has 5 nitrogen and oxygen atoms in total. The predicted molar refractivity (Wildman–Crippen MR) is 134 cm³/mol. The number of aliphatic imine (C=N–C) groups is 1. The van der Waals surface area contributed by atoms with Crippen molar-refractivity contribution in [2.24, 2.45) is 10.9 Å². The third-order valence-electron chi connectivity index (χ3n) is 5.49. The number of rotatable bonds is 9. The van der Waals surface area contributed by atoms with Crippen molar-refractivity contribution in [3.8, 4) is 0 Å². The van der Waals surface area contributed by atoms with Crippen molar-refractivity contribution in [2.75, 3.05) is 33.3 Å². The van der Waals surface area contributed by atoms with Gasteiger partial charge in [-0.3, -0.25) is 9.89 Å². The normalized spacial score (nSPS) is 17.1. The Morgan fingerprint density at radius 2 is 2.00 bits per heavy atom. The fourth-order valence-electron chi connectivity index (χ4n) is 3.85. The van der Waals surface area contributed by atoms with E-state index in [1.54, 1.807) is 0 Å². The average Bonchev–Trinajstić information content (AvgIpc) is 2.67. The highest BCUT2D eigenvalue weighted by Crippen LogP contribution is 2.15. The Morgan fingerprint density at radius 3 is 2.59 bits per heavy atom. The van der Waals surface area contributed by atoms with Crippen molar-refractivity contribution in [3.63, 3.8) is 0 Å². The van der Waals surface area contributed by atoms with Crippen LogP contribution in [0.15, 0.2) is 29.3 Å². The van der Waals surface area contributed by atoms with Crippen molar-refractivity contribution in [2.45, 2.75) is 65.6 Å². The lowest BCUT2D eigenvalue weighted by Gasteiger charge is -2.33. The van der Waals surface area contributed by atoms with E-state index in [2.05, 4.69) is 72.5 Å². The Kier molecular flexibility index (Phi) is 12.8. The Hall–Kier alpha value is -0.860. The second-order valence-electron chi connectivity index (χ2n) is 8.21. The summed E-state index contributed by atoms with van der Waals surface area (Å²) in [7, 11) is 1.85. The molecular weight excluding hydrogens is 475 g/mol. The monoisotopic (exact) mass is 516 g/mol. The fourth-order valence-corrected chi connectivity index (χ4v) is 3.85. The summed E-state index contributed by atoms with van der Waals surface area (Å²) in [6.07, 6.45) is 3.61. The van der Waals surface area contributed by atoms with Crippen LogP contribution in [0.5, 0.6) is 0 Å². The van der Waals surface area contributed by atoms with Crippen LogP contribution in [0.4, 0.5) is 0 Å². The summed E-state index contributed by atoms with van der Waals surface area (Å²) in [5.74, 6) is 1.45. The maximum absolute atomic E-state index is 5.83. The van der Waals surface area contributed by atoms with Gasteiger partial charge in [-0.1, -0.05) is 43.7 Å². The molecule has 1 fully saturated rings. The molecule has 2 N–H and O–H groups in total.